The smallest absolute Gasteiger partial charge is 0.0757 e. The van der Waals surface area contributed by atoms with Gasteiger partial charge in [0.15, 0.2) is 0 Å². The van der Waals surface area contributed by atoms with Gasteiger partial charge in [-0.25, -0.2) is 0 Å². The standard InChI is InChI=1S/C15H27N3O/c1-3-19-15(13-7-5-4-6-8-13)14(16)9-12-10-17-18(2)11-12/h10-11,13-15H,3-9,16H2,1-2H3. The predicted octanol–water partition coefficient (Wildman–Crippen LogP) is 2.28. The second kappa shape index (κ2) is 7.06. The van der Waals surface area contributed by atoms with Crippen molar-refractivity contribution in [3.8, 4) is 0 Å². The molecule has 19 heavy (non-hydrogen) atoms. The van der Waals surface area contributed by atoms with E-state index in [-0.39, 0.29) is 12.1 Å². The molecule has 0 spiro atoms. The van der Waals surface area contributed by atoms with Gasteiger partial charge in [-0.05, 0) is 37.7 Å². The Hall–Kier alpha value is -0.870. The van der Waals surface area contributed by atoms with E-state index in [1.165, 1.54) is 37.7 Å². The van der Waals surface area contributed by atoms with E-state index < -0.39 is 0 Å². The van der Waals surface area contributed by atoms with Crippen LogP contribution < -0.4 is 5.73 Å². The molecule has 108 valence electrons. The number of nitrogens with zero attached hydrogens (tertiary/aromatic N) is 2. The molecule has 0 aromatic carbocycles. The van der Waals surface area contributed by atoms with Crippen molar-refractivity contribution in [3.05, 3.63) is 18.0 Å². The molecule has 2 unspecified atom stereocenters. The molecule has 1 fully saturated rings. The molecule has 1 aromatic rings. The van der Waals surface area contributed by atoms with Crippen molar-refractivity contribution in [2.45, 2.75) is 57.6 Å². The molecule has 0 amide bonds. The van der Waals surface area contributed by atoms with Crippen LogP contribution in [0.2, 0.25) is 0 Å². The second-order valence-electron chi connectivity index (χ2n) is 5.71. The normalized spacial score (nSPS) is 20.4. The van der Waals surface area contributed by atoms with Gasteiger partial charge in [0.25, 0.3) is 0 Å². The van der Waals surface area contributed by atoms with Crippen molar-refractivity contribution in [2.75, 3.05) is 6.61 Å². The van der Waals surface area contributed by atoms with Crippen molar-refractivity contribution < 1.29 is 4.74 Å². The van der Waals surface area contributed by atoms with Gasteiger partial charge < -0.3 is 10.5 Å². The summed E-state index contributed by atoms with van der Waals surface area (Å²) in [6.07, 6.45) is 11.6. The molecule has 0 bridgehead atoms. The summed E-state index contributed by atoms with van der Waals surface area (Å²) in [5, 5.41) is 4.21. The summed E-state index contributed by atoms with van der Waals surface area (Å²) >= 11 is 0. The van der Waals surface area contributed by atoms with Gasteiger partial charge in [-0.3, -0.25) is 4.68 Å². The molecule has 0 radical (unpaired) electrons. The van der Waals surface area contributed by atoms with Crippen LogP contribution in [0.4, 0.5) is 0 Å². The number of aromatic nitrogens is 2. The summed E-state index contributed by atoms with van der Waals surface area (Å²) < 4.78 is 7.80. The van der Waals surface area contributed by atoms with Crippen LogP contribution >= 0.6 is 0 Å². The molecule has 1 saturated carbocycles. The van der Waals surface area contributed by atoms with E-state index in [1.807, 2.05) is 24.1 Å². The zero-order valence-corrected chi connectivity index (χ0v) is 12.2. The maximum absolute atomic E-state index is 6.41. The Bertz CT molecular complexity index is 371. The average molecular weight is 265 g/mol. The quantitative estimate of drug-likeness (QED) is 0.858. The summed E-state index contributed by atoms with van der Waals surface area (Å²) in [5.41, 5.74) is 7.62. The summed E-state index contributed by atoms with van der Waals surface area (Å²) in [6.45, 7) is 2.81. The molecule has 0 aliphatic heterocycles. The van der Waals surface area contributed by atoms with E-state index >= 15 is 0 Å². The first-order chi connectivity index (χ1) is 9.20. The highest BCUT2D eigenvalue weighted by atomic mass is 16.5. The Morgan fingerprint density at radius 3 is 2.74 bits per heavy atom. The fraction of sp³-hybridized carbons (Fsp3) is 0.800. The lowest BCUT2D eigenvalue weighted by molar-refractivity contribution is -0.00912. The molecule has 4 heteroatoms. The van der Waals surface area contributed by atoms with E-state index in [0.717, 1.165) is 13.0 Å². The Morgan fingerprint density at radius 1 is 1.42 bits per heavy atom. The second-order valence-corrected chi connectivity index (χ2v) is 5.71. The van der Waals surface area contributed by atoms with E-state index in [9.17, 15) is 0 Å². The molecular formula is C15H27N3O. The number of nitrogens with two attached hydrogens (primary N) is 1. The van der Waals surface area contributed by atoms with Crippen molar-refractivity contribution >= 4 is 0 Å². The van der Waals surface area contributed by atoms with Crippen LogP contribution in [-0.2, 0) is 18.2 Å². The van der Waals surface area contributed by atoms with Crippen molar-refractivity contribution in [1.82, 2.24) is 9.78 Å². The third-order valence-corrected chi connectivity index (χ3v) is 4.13. The van der Waals surface area contributed by atoms with Gasteiger partial charge in [-0.2, -0.15) is 5.10 Å². The molecule has 0 saturated heterocycles. The molecule has 4 nitrogen and oxygen atoms in total. The molecule has 2 N–H and O–H groups in total. The number of hydrogen-bond donors (Lipinski definition) is 1. The molecule has 1 aliphatic rings. The van der Waals surface area contributed by atoms with Crippen LogP contribution in [0.1, 0.15) is 44.6 Å². The van der Waals surface area contributed by atoms with E-state index in [2.05, 4.69) is 12.0 Å². The molecule has 2 rings (SSSR count). The molecule has 1 heterocycles. The van der Waals surface area contributed by atoms with E-state index in [4.69, 9.17) is 10.5 Å². The van der Waals surface area contributed by atoms with E-state index in [1.54, 1.807) is 0 Å². The zero-order chi connectivity index (χ0) is 13.7. The van der Waals surface area contributed by atoms with Gasteiger partial charge in [0.1, 0.15) is 0 Å². The molecule has 1 aliphatic carbocycles. The summed E-state index contributed by atoms with van der Waals surface area (Å²) in [6, 6.07) is 0.0762. The highest BCUT2D eigenvalue weighted by Gasteiger charge is 2.29. The molecule has 2 atom stereocenters. The maximum Gasteiger partial charge on any atom is 0.0757 e. The fourth-order valence-electron chi connectivity index (χ4n) is 3.23. The van der Waals surface area contributed by atoms with Crippen LogP contribution in [-0.4, -0.2) is 28.5 Å². The van der Waals surface area contributed by atoms with Gasteiger partial charge in [0.2, 0.25) is 0 Å². The summed E-state index contributed by atoms with van der Waals surface area (Å²) in [4.78, 5) is 0. The van der Waals surface area contributed by atoms with Crippen molar-refractivity contribution in [2.24, 2.45) is 18.7 Å². The van der Waals surface area contributed by atoms with Crippen LogP contribution in [0.25, 0.3) is 0 Å². The van der Waals surface area contributed by atoms with Gasteiger partial charge in [-0.15, -0.1) is 0 Å². The van der Waals surface area contributed by atoms with Crippen LogP contribution in [0.3, 0.4) is 0 Å². The van der Waals surface area contributed by atoms with Crippen LogP contribution in [0.5, 0.6) is 0 Å². The lowest BCUT2D eigenvalue weighted by atomic mass is 9.81. The minimum Gasteiger partial charge on any atom is -0.377 e. The number of rotatable bonds is 6. The van der Waals surface area contributed by atoms with E-state index in [0.29, 0.717) is 5.92 Å². The monoisotopic (exact) mass is 265 g/mol. The molecule has 1 aromatic heterocycles. The third kappa shape index (κ3) is 4.05. The van der Waals surface area contributed by atoms with Gasteiger partial charge in [0, 0.05) is 25.9 Å². The summed E-state index contributed by atoms with van der Waals surface area (Å²) in [5.74, 6) is 0.639. The first-order valence-electron chi connectivity index (χ1n) is 7.55. The number of aryl methyl sites for hydroxylation is 1. The Morgan fingerprint density at radius 2 is 2.16 bits per heavy atom. The fourth-order valence-corrected chi connectivity index (χ4v) is 3.23. The Balaban J connectivity index is 1.96. The predicted molar refractivity (Wildman–Crippen MR) is 76.9 cm³/mol. The number of ether oxygens (including phenoxy) is 1. The zero-order valence-electron chi connectivity index (χ0n) is 12.2. The van der Waals surface area contributed by atoms with Gasteiger partial charge in [0.05, 0.1) is 12.3 Å². The van der Waals surface area contributed by atoms with Crippen LogP contribution in [0.15, 0.2) is 12.4 Å². The minimum atomic E-state index is 0.0762. The maximum atomic E-state index is 6.41. The van der Waals surface area contributed by atoms with Crippen molar-refractivity contribution in [1.29, 1.82) is 0 Å². The Kier molecular flexibility index (Phi) is 5.40. The van der Waals surface area contributed by atoms with Crippen molar-refractivity contribution in [3.63, 3.8) is 0 Å². The van der Waals surface area contributed by atoms with Gasteiger partial charge in [-0.1, -0.05) is 19.3 Å². The number of hydrogen-bond acceptors (Lipinski definition) is 3. The first kappa shape index (κ1) is 14.5. The largest absolute Gasteiger partial charge is 0.377 e. The SMILES string of the molecule is CCOC(C(N)Cc1cnn(C)c1)C1CCCCC1. The highest BCUT2D eigenvalue weighted by Crippen LogP contribution is 2.29. The topological polar surface area (TPSA) is 53.1 Å². The highest BCUT2D eigenvalue weighted by molar-refractivity contribution is 5.07. The molecular weight excluding hydrogens is 238 g/mol. The first-order valence-corrected chi connectivity index (χ1v) is 7.55. The van der Waals surface area contributed by atoms with Gasteiger partial charge >= 0.3 is 0 Å². The average Bonchev–Trinajstić information content (AvgIpc) is 2.82. The Labute approximate surface area is 116 Å². The van der Waals surface area contributed by atoms with Crippen LogP contribution in [0, 0.1) is 5.92 Å². The third-order valence-electron chi connectivity index (χ3n) is 4.13. The summed E-state index contributed by atoms with van der Waals surface area (Å²) in [7, 11) is 1.94. The lowest BCUT2D eigenvalue weighted by Crippen LogP contribution is -2.44. The lowest BCUT2D eigenvalue weighted by Gasteiger charge is -2.33. The minimum absolute atomic E-state index is 0.0762.